The Morgan fingerprint density at radius 2 is 1.85 bits per heavy atom. The lowest BCUT2D eigenvalue weighted by Gasteiger charge is -2.09. The Labute approximate surface area is 160 Å². The molecule has 0 N–H and O–H groups in total. The van der Waals surface area contributed by atoms with Crippen LogP contribution in [0.15, 0.2) is 77.2 Å². The van der Waals surface area contributed by atoms with Crippen LogP contribution in [-0.2, 0) is 6.54 Å². The van der Waals surface area contributed by atoms with Gasteiger partial charge in [-0.25, -0.2) is 0 Å². The molecule has 4 rings (SSSR count). The first-order valence-electron chi connectivity index (χ1n) is 8.58. The van der Waals surface area contributed by atoms with E-state index in [0.717, 1.165) is 16.4 Å². The van der Waals surface area contributed by atoms with Gasteiger partial charge in [0.2, 0.25) is 5.78 Å². The third-order valence-electron chi connectivity index (χ3n) is 4.12. The first-order chi connectivity index (χ1) is 13.3. The molecule has 6 nitrogen and oxygen atoms in total. The number of allylic oxidation sites excluding steroid dienone is 1. The quantitative estimate of drug-likeness (QED) is 0.280. The van der Waals surface area contributed by atoms with Crippen LogP contribution < -0.4 is 10.3 Å². The molecule has 7 heteroatoms. The van der Waals surface area contributed by atoms with Gasteiger partial charge in [0.25, 0.3) is 5.56 Å². The average molecular weight is 378 g/mol. The van der Waals surface area contributed by atoms with Gasteiger partial charge in [-0.3, -0.25) is 13.8 Å². The van der Waals surface area contributed by atoms with Crippen molar-refractivity contribution in [3.05, 3.63) is 77.6 Å². The molecule has 0 bridgehead atoms. The van der Waals surface area contributed by atoms with E-state index < -0.39 is 0 Å². The molecule has 2 aromatic carbocycles. The Balaban J connectivity index is 1.65. The zero-order chi connectivity index (χ0) is 18.6. The summed E-state index contributed by atoms with van der Waals surface area (Å²) >= 11 is 1.55. The van der Waals surface area contributed by atoms with Gasteiger partial charge in [-0.15, -0.1) is 16.8 Å². The summed E-state index contributed by atoms with van der Waals surface area (Å²) in [7, 11) is 0. The van der Waals surface area contributed by atoms with Crippen molar-refractivity contribution in [2.45, 2.75) is 11.7 Å². The summed E-state index contributed by atoms with van der Waals surface area (Å²) in [5.41, 5.74) is 0.712. The molecule has 27 heavy (non-hydrogen) atoms. The van der Waals surface area contributed by atoms with Crippen LogP contribution in [0.2, 0.25) is 0 Å². The van der Waals surface area contributed by atoms with E-state index in [1.54, 1.807) is 22.4 Å². The van der Waals surface area contributed by atoms with E-state index in [0.29, 0.717) is 30.1 Å². The number of hydrogen-bond acceptors (Lipinski definition) is 5. The van der Waals surface area contributed by atoms with Crippen LogP contribution in [-0.4, -0.2) is 31.5 Å². The molecule has 0 aliphatic heterocycles. The molecule has 4 aromatic rings. The van der Waals surface area contributed by atoms with E-state index in [2.05, 4.69) is 16.8 Å². The van der Waals surface area contributed by atoms with Crippen LogP contribution >= 0.6 is 11.8 Å². The van der Waals surface area contributed by atoms with Gasteiger partial charge in [0, 0.05) is 12.3 Å². The Bertz CT molecular complexity index is 1150. The SMILES string of the molecule is C=CCn1c(=O)c2ccccc2n2c(SCCOc3ccccc3)nnc12. The van der Waals surface area contributed by atoms with Gasteiger partial charge < -0.3 is 4.74 Å². The standard InChI is InChI=1S/C20H18N4O2S/c1-2-12-23-18(25)16-10-6-7-11-17(16)24-19(23)21-22-20(24)27-14-13-26-15-8-4-3-5-9-15/h2-11H,1,12-14H2. The molecule has 0 spiro atoms. The van der Waals surface area contributed by atoms with Gasteiger partial charge >= 0.3 is 0 Å². The molecule has 2 aromatic heterocycles. The summed E-state index contributed by atoms with van der Waals surface area (Å²) in [6.07, 6.45) is 1.69. The molecule has 0 unspecified atom stereocenters. The zero-order valence-corrected chi connectivity index (χ0v) is 15.4. The second kappa shape index (κ2) is 7.67. The van der Waals surface area contributed by atoms with Crippen LogP contribution in [0.3, 0.4) is 0 Å². The number of thioether (sulfide) groups is 1. The van der Waals surface area contributed by atoms with Crippen LogP contribution in [0.5, 0.6) is 5.75 Å². The molecule has 0 aliphatic carbocycles. The van der Waals surface area contributed by atoms with Crippen molar-refractivity contribution in [3.8, 4) is 5.75 Å². The molecule has 0 saturated heterocycles. The minimum absolute atomic E-state index is 0.0886. The summed E-state index contributed by atoms with van der Waals surface area (Å²) < 4.78 is 9.25. The summed E-state index contributed by atoms with van der Waals surface area (Å²) in [4.78, 5) is 12.8. The highest BCUT2D eigenvalue weighted by Crippen LogP contribution is 2.21. The molecular weight excluding hydrogens is 360 g/mol. The number of aromatic nitrogens is 4. The van der Waals surface area contributed by atoms with Crippen LogP contribution in [0, 0.1) is 0 Å². The predicted octanol–water partition coefficient (Wildman–Crippen LogP) is 3.40. The maximum Gasteiger partial charge on any atom is 0.263 e. The molecular formula is C20H18N4O2S. The molecule has 136 valence electrons. The van der Waals surface area contributed by atoms with E-state index in [9.17, 15) is 4.79 Å². The topological polar surface area (TPSA) is 61.4 Å². The lowest BCUT2D eigenvalue weighted by atomic mass is 10.2. The first-order valence-corrected chi connectivity index (χ1v) is 9.56. The Kier molecular flexibility index (Phi) is 4.93. The summed E-state index contributed by atoms with van der Waals surface area (Å²) in [6, 6.07) is 17.2. The molecule has 0 fully saturated rings. The highest BCUT2D eigenvalue weighted by atomic mass is 32.2. The molecule has 0 saturated carbocycles. The number of nitrogens with zero attached hydrogens (tertiary/aromatic N) is 4. The fraction of sp³-hybridized carbons (Fsp3) is 0.150. The van der Waals surface area contributed by atoms with Gasteiger partial charge in [0.05, 0.1) is 17.5 Å². The fourth-order valence-corrected chi connectivity index (χ4v) is 3.69. The number of fused-ring (bicyclic) bond motifs is 3. The Morgan fingerprint density at radius 1 is 1.07 bits per heavy atom. The van der Waals surface area contributed by atoms with E-state index in [-0.39, 0.29) is 5.56 Å². The van der Waals surface area contributed by atoms with Crippen LogP contribution in [0.1, 0.15) is 0 Å². The number of ether oxygens (including phenoxy) is 1. The van der Waals surface area contributed by atoms with Gasteiger partial charge in [-0.05, 0) is 24.3 Å². The third-order valence-corrected chi connectivity index (χ3v) is 5.01. The minimum Gasteiger partial charge on any atom is -0.493 e. The lowest BCUT2D eigenvalue weighted by molar-refractivity contribution is 0.344. The van der Waals surface area contributed by atoms with Crippen molar-refractivity contribution in [3.63, 3.8) is 0 Å². The lowest BCUT2D eigenvalue weighted by Crippen LogP contribution is -2.22. The van der Waals surface area contributed by atoms with E-state index in [1.165, 1.54) is 0 Å². The summed E-state index contributed by atoms with van der Waals surface area (Å²) in [5.74, 6) is 2.07. The van der Waals surface area contributed by atoms with Gasteiger partial charge in [-0.2, -0.15) is 0 Å². The molecule has 0 amide bonds. The molecule has 0 aliphatic rings. The smallest absolute Gasteiger partial charge is 0.263 e. The van der Waals surface area contributed by atoms with Crippen LogP contribution in [0.25, 0.3) is 16.7 Å². The fourth-order valence-electron chi connectivity index (χ4n) is 2.93. The normalized spacial score (nSPS) is 11.1. The third kappa shape index (κ3) is 3.33. The Morgan fingerprint density at radius 3 is 2.67 bits per heavy atom. The minimum atomic E-state index is -0.0886. The first kappa shape index (κ1) is 17.4. The molecule has 2 heterocycles. The van der Waals surface area contributed by atoms with E-state index in [1.807, 2.05) is 59.0 Å². The van der Waals surface area contributed by atoms with Gasteiger partial charge in [0.1, 0.15) is 5.75 Å². The van der Waals surface area contributed by atoms with E-state index >= 15 is 0 Å². The summed E-state index contributed by atoms with van der Waals surface area (Å²) in [5, 5.41) is 9.92. The van der Waals surface area contributed by atoms with Gasteiger partial charge in [0.15, 0.2) is 5.16 Å². The van der Waals surface area contributed by atoms with E-state index in [4.69, 9.17) is 4.74 Å². The average Bonchev–Trinajstić information content (AvgIpc) is 3.13. The maximum absolute atomic E-state index is 12.8. The zero-order valence-electron chi connectivity index (χ0n) is 14.6. The number of hydrogen-bond donors (Lipinski definition) is 0. The number of rotatable bonds is 7. The van der Waals surface area contributed by atoms with Crippen molar-refractivity contribution in [2.24, 2.45) is 0 Å². The molecule has 0 atom stereocenters. The highest BCUT2D eigenvalue weighted by Gasteiger charge is 2.15. The van der Waals surface area contributed by atoms with Gasteiger partial charge in [-0.1, -0.05) is 48.2 Å². The Hall–Kier alpha value is -3.06. The van der Waals surface area contributed by atoms with Crippen LogP contribution in [0.4, 0.5) is 0 Å². The van der Waals surface area contributed by atoms with Crippen molar-refractivity contribution in [1.82, 2.24) is 19.2 Å². The maximum atomic E-state index is 12.8. The summed E-state index contributed by atoms with van der Waals surface area (Å²) in [6.45, 7) is 4.67. The van der Waals surface area contributed by atoms with Crippen molar-refractivity contribution < 1.29 is 4.74 Å². The van der Waals surface area contributed by atoms with Crippen molar-refractivity contribution in [1.29, 1.82) is 0 Å². The number of benzene rings is 2. The molecule has 0 radical (unpaired) electrons. The number of para-hydroxylation sites is 2. The van der Waals surface area contributed by atoms with Crippen molar-refractivity contribution >= 4 is 28.4 Å². The monoisotopic (exact) mass is 378 g/mol. The second-order valence-corrected chi connectivity index (χ2v) is 6.91. The second-order valence-electron chi connectivity index (χ2n) is 5.85. The van der Waals surface area contributed by atoms with Crippen molar-refractivity contribution in [2.75, 3.05) is 12.4 Å². The largest absolute Gasteiger partial charge is 0.493 e. The highest BCUT2D eigenvalue weighted by molar-refractivity contribution is 7.99. The predicted molar refractivity (Wildman–Crippen MR) is 108 cm³/mol.